The smallest absolute Gasteiger partial charge is 0.262 e. The van der Waals surface area contributed by atoms with Gasteiger partial charge in [-0.05, 0) is 17.7 Å². The van der Waals surface area contributed by atoms with Crippen molar-refractivity contribution in [3.8, 4) is 11.8 Å². The molecule has 0 aromatic heterocycles. The van der Waals surface area contributed by atoms with E-state index in [2.05, 4.69) is 5.32 Å². The number of nitrogens with zero attached hydrogens (tertiary/aromatic N) is 1. The third kappa shape index (κ3) is 2.20. The van der Waals surface area contributed by atoms with Crippen molar-refractivity contribution in [2.45, 2.75) is 6.42 Å². The first-order valence-corrected chi connectivity index (χ1v) is 4.90. The predicted molar refractivity (Wildman–Crippen MR) is 59.8 cm³/mol. The van der Waals surface area contributed by atoms with Gasteiger partial charge in [0, 0.05) is 0 Å². The second-order valence-electron chi connectivity index (χ2n) is 3.36. The van der Waals surface area contributed by atoms with Gasteiger partial charge in [0.05, 0.1) is 18.2 Å². The van der Waals surface area contributed by atoms with Gasteiger partial charge in [-0.3, -0.25) is 4.79 Å². The molecule has 0 atom stereocenters. The Morgan fingerprint density at radius 1 is 1.56 bits per heavy atom. The Hall–Kier alpha value is -2.28. The number of carbonyl (C=O) groups excluding carboxylic acids is 1. The van der Waals surface area contributed by atoms with Crippen LogP contribution in [0.25, 0.3) is 6.08 Å². The topological polar surface area (TPSA) is 62.1 Å². The number of benzene rings is 1. The predicted octanol–water partition coefficient (Wildman–Crippen LogP) is 1.94. The molecule has 1 amide bonds. The molecule has 0 saturated carbocycles. The van der Waals surface area contributed by atoms with Crippen molar-refractivity contribution in [1.82, 2.24) is 0 Å². The van der Waals surface area contributed by atoms with Crippen LogP contribution in [0.1, 0.15) is 12.0 Å². The van der Waals surface area contributed by atoms with Gasteiger partial charge in [0.2, 0.25) is 0 Å². The highest BCUT2D eigenvalue weighted by atomic mass is 16.5. The molecule has 0 unspecified atom stereocenters. The van der Waals surface area contributed by atoms with Crippen LogP contribution >= 0.6 is 0 Å². The number of anilines is 1. The van der Waals surface area contributed by atoms with E-state index in [9.17, 15) is 4.79 Å². The highest BCUT2D eigenvalue weighted by Crippen LogP contribution is 2.28. The molecular formula is C12H10N2O2. The van der Waals surface area contributed by atoms with Gasteiger partial charge in [0.15, 0.2) is 6.61 Å². The summed E-state index contributed by atoms with van der Waals surface area (Å²) in [5.74, 6) is 0.527. The van der Waals surface area contributed by atoms with Gasteiger partial charge >= 0.3 is 0 Å². The Bertz CT molecular complexity index is 486. The molecule has 1 aromatic rings. The van der Waals surface area contributed by atoms with E-state index < -0.39 is 0 Å². The monoisotopic (exact) mass is 214 g/mol. The van der Waals surface area contributed by atoms with Crippen LogP contribution in [0, 0.1) is 11.3 Å². The lowest BCUT2D eigenvalue weighted by Crippen LogP contribution is -2.25. The summed E-state index contributed by atoms with van der Waals surface area (Å²) in [6.07, 6.45) is 4.01. The Morgan fingerprint density at radius 2 is 2.44 bits per heavy atom. The summed E-state index contributed by atoms with van der Waals surface area (Å²) in [6, 6.07) is 7.52. The highest BCUT2D eigenvalue weighted by Gasteiger charge is 2.15. The lowest BCUT2D eigenvalue weighted by molar-refractivity contribution is -0.118. The minimum absolute atomic E-state index is 0.0539. The lowest BCUT2D eigenvalue weighted by Gasteiger charge is -2.17. The Morgan fingerprint density at radius 3 is 3.25 bits per heavy atom. The second kappa shape index (κ2) is 4.49. The van der Waals surface area contributed by atoms with Crippen LogP contribution in [0.15, 0.2) is 24.3 Å². The largest absolute Gasteiger partial charge is 0.482 e. The van der Waals surface area contributed by atoms with E-state index in [0.29, 0.717) is 17.9 Å². The van der Waals surface area contributed by atoms with E-state index in [0.717, 1.165) is 5.56 Å². The van der Waals surface area contributed by atoms with Gasteiger partial charge in [-0.25, -0.2) is 0 Å². The zero-order valence-corrected chi connectivity index (χ0v) is 8.56. The fraction of sp³-hybridized carbons (Fsp3) is 0.167. The highest BCUT2D eigenvalue weighted by molar-refractivity contribution is 5.95. The summed E-state index contributed by atoms with van der Waals surface area (Å²) in [6.45, 7) is 0.0539. The number of amides is 1. The van der Waals surface area contributed by atoms with Crippen molar-refractivity contribution in [3.05, 3.63) is 29.8 Å². The summed E-state index contributed by atoms with van der Waals surface area (Å²) in [5.41, 5.74) is 1.64. The fourth-order valence-corrected chi connectivity index (χ4v) is 1.44. The number of allylic oxidation sites excluding steroid dienone is 1. The number of carbonyl (C=O) groups is 1. The Labute approximate surface area is 93.1 Å². The molecule has 0 fully saturated rings. The van der Waals surface area contributed by atoms with Crippen LogP contribution in [0.4, 0.5) is 5.69 Å². The zero-order valence-electron chi connectivity index (χ0n) is 8.56. The number of ether oxygens (including phenoxy) is 1. The normalized spacial score (nSPS) is 13.8. The van der Waals surface area contributed by atoms with Gasteiger partial charge in [-0.15, -0.1) is 0 Å². The molecule has 0 saturated heterocycles. The summed E-state index contributed by atoms with van der Waals surface area (Å²) in [7, 11) is 0. The Balaban J connectivity index is 2.20. The third-order valence-corrected chi connectivity index (χ3v) is 2.16. The number of nitrogens with one attached hydrogen (secondary N) is 1. The summed E-state index contributed by atoms with van der Waals surface area (Å²) in [4.78, 5) is 11.0. The van der Waals surface area contributed by atoms with Crippen LogP contribution in [-0.4, -0.2) is 12.5 Å². The van der Waals surface area contributed by atoms with E-state index >= 15 is 0 Å². The van der Waals surface area contributed by atoms with Gasteiger partial charge < -0.3 is 10.1 Å². The average molecular weight is 214 g/mol. The maximum Gasteiger partial charge on any atom is 0.262 e. The minimum Gasteiger partial charge on any atom is -0.482 e. The number of nitriles is 1. The lowest BCUT2D eigenvalue weighted by atomic mass is 10.1. The van der Waals surface area contributed by atoms with Crippen molar-refractivity contribution in [1.29, 1.82) is 5.26 Å². The standard InChI is InChI=1S/C12H10N2O2/c13-6-2-1-3-9-4-5-10-11(7-9)16-8-12(15)14-10/h1,3-5,7H,2,8H2,(H,14,15). The molecule has 0 spiro atoms. The van der Waals surface area contributed by atoms with Gasteiger partial charge in [0.25, 0.3) is 5.91 Å². The first-order valence-electron chi connectivity index (χ1n) is 4.90. The van der Waals surface area contributed by atoms with Gasteiger partial charge in [-0.2, -0.15) is 5.26 Å². The van der Waals surface area contributed by atoms with Crippen LogP contribution < -0.4 is 10.1 Å². The van der Waals surface area contributed by atoms with Crippen molar-refractivity contribution in [3.63, 3.8) is 0 Å². The SMILES string of the molecule is N#CCC=Cc1ccc2c(c1)OCC(=O)N2. The average Bonchev–Trinajstić information content (AvgIpc) is 2.29. The quantitative estimate of drug-likeness (QED) is 0.818. The second-order valence-corrected chi connectivity index (χ2v) is 3.36. The molecule has 1 aromatic carbocycles. The maximum atomic E-state index is 11.0. The number of hydrogen-bond acceptors (Lipinski definition) is 3. The van der Waals surface area contributed by atoms with Crippen molar-refractivity contribution in [2.24, 2.45) is 0 Å². The first kappa shape index (κ1) is 10.2. The molecule has 1 heterocycles. The summed E-state index contributed by atoms with van der Waals surface area (Å²) in [5, 5.41) is 11.1. The van der Waals surface area contributed by atoms with E-state index in [1.807, 2.05) is 24.3 Å². The van der Waals surface area contributed by atoms with E-state index in [1.165, 1.54) is 0 Å². The molecule has 80 valence electrons. The molecule has 1 aliphatic rings. The summed E-state index contributed by atoms with van der Waals surface area (Å²) < 4.78 is 5.27. The molecule has 1 aliphatic heterocycles. The van der Waals surface area contributed by atoms with Gasteiger partial charge in [0.1, 0.15) is 5.75 Å². The van der Waals surface area contributed by atoms with E-state index in [1.54, 1.807) is 12.1 Å². The molecule has 1 N–H and O–H groups in total. The molecule has 4 nitrogen and oxygen atoms in total. The van der Waals surface area contributed by atoms with Crippen molar-refractivity contribution >= 4 is 17.7 Å². The number of rotatable bonds is 2. The van der Waals surface area contributed by atoms with Crippen LogP contribution in [0.2, 0.25) is 0 Å². The van der Waals surface area contributed by atoms with Gasteiger partial charge in [-0.1, -0.05) is 18.2 Å². The summed E-state index contributed by atoms with van der Waals surface area (Å²) >= 11 is 0. The molecule has 4 heteroatoms. The maximum absolute atomic E-state index is 11.0. The van der Waals surface area contributed by atoms with Crippen LogP contribution in [0.3, 0.4) is 0 Å². The molecular weight excluding hydrogens is 204 g/mol. The van der Waals surface area contributed by atoms with Crippen LogP contribution in [-0.2, 0) is 4.79 Å². The zero-order chi connectivity index (χ0) is 11.4. The first-order chi connectivity index (χ1) is 7.79. The van der Waals surface area contributed by atoms with Crippen LogP contribution in [0.5, 0.6) is 5.75 Å². The Kier molecular flexibility index (Phi) is 2.88. The van der Waals surface area contributed by atoms with Crippen molar-refractivity contribution < 1.29 is 9.53 Å². The van der Waals surface area contributed by atoms with E-state index in [4.69, 9.17) is 10.00 Å². The molecule has 2 rings (SSSR count). The van der Waals surface area contributed by atoms with Crippen molar-refractivity contribution in [2.75, 3.05) is 11.9 Å². The fourth-order valence-electron chi connectivity index (χ4n) is 1.44. The third-order valence-electron chi connectivity index (χ3n) is 2.16. The minimum atomic E-state index is -0.139. The molecule has 0 aliphatic carbocycles. The molecule has 0 radical (unpaired) electrons. The van der Waals surface area contributed by atoms with E-state index in [-0.39, 0.29) is 12.5 Å². The number of fused-ring (bicyclic) bond motifs is 1. The molecule has 16 heavy (non-hydrogen) atoms. The molecule has 0 bridgehead atoms. The number of hydrogen-bond donors (Lipinski definition) is 1.